The van der Waals surface area contributed by atoms with Crippen molar-refractivity contribution in [3.8, 4) is 17.3 Å². The number of amides is 1. The van der Waals surface area contributed by atoms with E-state index in [0.717, 1.165) is 5.56 Å². The zero-order valence-electron chi connectivity index (χ0n) is 19.2. The fourth-order valence-corrected chi connectivity index (χ4v) is 3.82. The summed E-state index contributed by atoms with van der Waals surface area (Å²) in [5.74, 6) is 1.04. The van der Waals surface area contributed by atoms with Crippen LogP contribution in [0.3, 0.4) is 0 Å². The van der Waals surface area contributed by atoms with Crippen LogP contribution >= 0.6 is 11.8 Å². The number of methoxy groups -OCH3 is 1. The maximum atomic E-state index is 12.5. The van der Waals surface area contributed by atoms with Crippen LogP contribution in [0, 0.1) is 0 Å². The number of nitrogens with zero attached hydrogens (tertiary/aromatic N) is 5. The lowest BCUT2D eigenvalue weighted by atomic mass is 10.1. The number of hydrogen-bond donors (Lipinski definition) is 1. The van der Waals surface area contributed by atoms with E-state index >= 15 is 0 Å². The normalized spacial score (nSPS) is 10.9. The number of ether oxygens (including phenoxy) is 2. The number of benzene rings is 1. The van der Waals surface area contributed by atoms with Gasteiger partial charge in [-0.2, -0.15) is 0 Å². The Kier molecular flexibility index (Phi) is 8.61. The molecule has 0 saturated carbocycles. The van der Waals surface area contributed by atoms with E-state index in [-0.39, 0.29) is 17.4 Å². The lowest BCUT2D eigenvalue weighted by Crippen LogP contribution is -2.15. The summed E-state index contributed by atoms with van der Waals surface area (Å²) in [4.78, 5) is 23.9. The Bertz CT molecular complexity index is 1090. The van der Waals surface area contributed by atoms with Crippen molar-refractivity contribution < 1.29 is 19.1 Å². The molecule has 33 heavy (non-hydrogen) atoms. The van der Waals surface area contributed by atoms with Gasteiger partial charge in [-0.3, -0.25) is 18.8 Å². The van der Waals surface area contributed by atoms with Crippen molar-refractivity contribution in [1.29, 1.82) is 0 Å². The Morgan fingerprint density at radius 2 is 1.91 bits per heavy atom. The van der Waals surface area contributed by atoms with Gasteiger partial charge in [0.2, 0.25) is 11.8 Å². The highest BCUT2D eigenvalue weighted by molar-refractivity contribution is 7.99. The molecular formula is C22H28N6O4S. The molecule has 0 fully saturated rings. The summed E-state index contributed by atoms with van der Waals surface area (Å²) in [6.45, 7) is 7.55. The Hall–Kier alpha value is -3.18. The second-order valence-corrected chi connectivity index (χ2v) is 8.00. The predicted octanol–water partition coefficient (Wildman–Crippen LogP) is 3.14. The van der Waals surface area contributed by atoms with Gasteiger partial charge in [-0.15, -0.1) is 15.3 Å². The first-order chi connectivity index (χ1) is 16.0. The Morgan fingerprint density at radius 1 is 1.15 bits per heavy atom. The van der Waals surface area contributed by atoms with Crippen molar-refractivity contribution in [3.05, 3.63) is 36.0 Å². The summed E-state index contributed by atoms with van der Waals surface area (Å²) >= 11 is 1.28. The lowest BCUT2D eigenvalue weighted by molar-refractivity contribution is -0.113. The Morgan fingerprint density at radius 3 is 2.55 bits per heavy atom. The van der Waals surface area contributed by atoms with Gasteiger partial charge in [0.25, 0.3) is 0 Å². The molecule has 0 saturated heterocycles. The second-order valence-electron chi connectivity index (χ2n) is 7.06. The molecule has 11 heteroatoms. The standard InChI is InChI=1S/C22H28N6O4S/c1-5-27-13-18(21(26-27)32-6-2)20-24-25-22(28(20)11-12-31-4)33-14-19(30)23-17-9-7-16(8-10-17)15(3)29/h7-10,13H,5-6,11-12,14H2,1-4H3,(H,23,30). The first-order valence-electron chi connectivity index (χ1n) is 10.6. The molecule has 10 nitrogen and oxygen atoms in total. The van der Waals surface area contributed by atoms with Gasteiger partial charge in [0.1, 0.15) is 5.56 Å². The molecule has 3 rings (SSSR count). The molecule has 1 N–H and O–H groups in total. The SMILES string of the molecule is CCOc1nn(CC)cc1-c1nnc(SCC(=O)Nc2ccc(C(C)=O)cc2)n1CCOC. The highest BCUT2D eigenvalue weighted by Gasteiger charge is 2.21. The van der Waals surface area contributed by atoms with Crippen LogP contribution in [0.4, 0.5) is 5.69 Å². The van der Waals surface area contributed by atoms with Crippen molar-refractivity contribution in [2.75, 3.05) is 31.4 Å². The van der Waals surface area contributed by atoms with Crippen LogP contribution in [0.25, 0.3) is 11.4 Å². The quantitative estimate of drug-likeness (QED) is 0.316. The number of anilines is 1. The zero-order valence-corrected chi connectivity index (χ0v) is 20.0. The van der Waals surface area contributed by atoms with Crippen molar-refractivity contribution in [1.82, 2.24) is 24.5 Å². The summed E-state index contributed by atoms with van der Waals surface area (Å²) in [7, 11) is 1.63. The van der Waals surface area contributed by atoms with Crippen molar-refractivity contribution in [2.45, 2.75) is 39.0 Å². The van der Waals surface area contributed by atoms with Crippen LogP contribution in [0.2, 0.25) is 0 Å². The van der Waals surface area contributed by atoms with Crippen LogP contribution in [0.15, 0.2) is 35.6 Å². The van der Waals surface area contributed by atoms with Gasteiger partial charge in [0, 0.05) is 31.1 Å². The van der Waals surface area contributed by atoms with Crippen LogP contribution in [-0.2, 0) is 22.6 Å². The van der Waals surface area contributed by atoms with E-state index in [4.69, 9.17) is 9.47 Å². The van der Waals surface area contributed by atoms with Crippen molar-refractivity contribution >= 4 is 29.1 Å². The van der Waals surface area contributed by atoms with E-state index in [9.17, 15) is 9.59 Å². The fourth-order valence-electron chi connectivity index (χ4n) is 3.06. The molecule has 0 bridgehead atoms. The van der Waals surface area contributed by atoms with Crippen molar-refractivity contribution in [2.24, 2.45) is 0 Å². The van der Waals surface area contributed by atoms with Gasteiger partial charge in [0.05, 0.1) is 25.5 Å². The van der Waals surface area contributed by atoms with E-state index in [0.29, 0.717) is 54.4 Å². The van der Waals surface area contributed by atoms with Crippen LogP contribution < -0.4 is 10.1 Å². The van der Waals surface area contributed by atoms with Crippen LogP contribution in [-0.4, -0.2) is 62.3 Å². The number of thioether (sulfide) groups is 1. The van der Waals surface area contributed by atoms with Gasteiger partial charge in [-0.05, 0) is 45.0 Å². The van der Waals surface area contributed by atoms with E-state index < -0.39 is 0 Å². The van der Waals surface area contributed by atoms with E-state index in [2.05, 4.69) is 20.6 Å². The molecule has 3 aromatic rings. The minimum absolute atomic E-state index is 0.0217. The molecule has 0 unspecified atom stereocenters. The molecular weight excluding hydrogens is 444 g/mol. The van der Waals surface area contributed by atoms with Crippen LogP contribution in [0.1, 0.15) is 31.1 Å². The molecule has 0 aliphatic rings. The van der Waals surface area contributed by atoms with Gasteiger partial charge < -0.3 is 14.8 Å². The maximum absolute atomic E-state index is 12.5. The van der Waals surface area contributed by atoms with Gasteiger partial charge in [-0.25, -0.2) is 0 Å². The Labute approximate surface area is 196 Å². The van der Waals surface area contributed by atoms with Gasteiger partial charge in [-0.1, -0.05) is 11.8 Å². The summed E-state index contributed by atoms with van der Waals surface area (Å²) in [5.41, 5.74) is 1.96. The number of nitrogens with one attached hydrogen (secondary N) is 1. The number of aromatic nitrogens is 5. The van der Waals surface area contributed by atoms with Crippen molar-refractivity contribution in [3.63, 3.8) is 0 Å². The highest BCUT2D eigenvalue weighted by Crippen LogP contribution is 2.30. The molecule has 1 aromatic carbocycles. The largest absolute Gasteiger partial charge is 0.476 e. The average molecular weight is 473 g/mol. The third kappa shape index (κ3) is 6.20. The number of hydrogen-bond acceptors (Lipinski definition) is 8. The summed E-state index contributed by atoms with van der Waals surface area (Å²) in [6, 6.07) is 6.79. The molecule has 0 atom stereocenters. The van der Waals surface area contributed by atoms with Gasteiger partial charge >= 0.3 is 0 Å². The molecule has 0 aliphatic carbocycles. The fraction of sp³-hybridized carbons (Fsp3) is 0.409. The topological polar surface area (TPSA) is 113 Å². The first-order valence-corrected chi connectivity index (χ1v) is 11.6. The number of carbonyl (C=O) groups is 2. The zero-order chi connectivity index (χ0) is 23.8. The van der Waals surface area contributed by atoms with E-state index in [1.165, 1.54) is 18.7 Å². The van der Waals surface area contributed by atoms with Crippen LogP contribution in [0.5, 0.6) is 5.88 Å². The molecule has 176 valence electrons. The molecule has 2 aromatic heterocycles. The number of Topliss-reactive ketones (excluding diaryl/α,β-unsaturated/α-hetero) is 1. The minimum Gasteiger partial charge on any atom is -0.476 e. The highest BCUT2D eigenvalue weighted by atomic mass is 32.2. The van der Waals surface area contributed by atoms with E-state index in [1.807, 2.05) is 24.6 Å². The molecule has 0 aliphatic heterocycles. The minimum atomic E-state index is -0.188. The third-order valence-electron chi connectivity index (χ3n) is 4.72. The summed E-state index contributed by atoms with van der Waals surface area (Å²) in [5, 5.41) is 16.5. The van der Waals surface area contributed by atoms with Gasteiger partial charge in [0.15, 0.2) is 16.8 Å². The number of carbonyl (C=O) groups excluding carboxylic acids is 2. The maximum Gasteiger partial charge on any atom is 0.243 e. The summed E-state index contributed by atoms with van der Waals surface area (Å²) in [6.07, 6.45) is 1.88. The smallest absolute Gasteiger partial charge is 0.243 e. The molecule has 0 spiro atoms. The summed E-state index contributed by atoms with van der Waals surface area (Å²) < 4.78 is 14.6. The molecule has 2 heterocycles. The Balaban J connectivity index is 1.75. The average Bonchev–Trinajstić information content (AvgIpc) is 3.40. The monoisotopic (exact) mass is 472 g/mol. The lowest BCUT2D eigenvalue weighted by Gasteiger charge is -2.10. The second kappa shape index (κ2) is 11.6. The molecule has 1 amide bonds. The number of ketones is 1. The predicted molar refractivity (Wildman–Crippen MR) is 126 cm³/mol. The number of rotatable bonds is 12. The first kappa shape index (κ1) is 24.5. The molecule has 0 radical (unpaired) electrons. The third-order valence-corrected chi connectivity index (χ3v) is 5.68. The number of aryl methyl sites for hydroxylation is 1. The van der Waals surface area contributed by atoms with E-state index in [1.54, 1.807) is 36.1 Å².